The number of ether oxygens (including phenoxy) is 1. The van der Waals surface area contributed by atoms with Gasteiger partial charge in [-0.15, -0.1) is 0 Å². The molecule has 150 valence electrons. The predicted octanol–water partition coefficient (Wildman–Crippen LogP) is 3.59. The molecule has 1 aromatic heterocycles. The molecule has 2 heterocycles. The maximum absolute atomic E-state index is 12.5. The van der Waals surface area contributed by atoms with Crippen LogP contribution in [0.5, 0.6) is 5.75 Å². The molecular weight excluding hydrogens is 416 g/mol. The van der Waals surface area contributed by atoms with E-state index in [0.717, 1.165) is 15.3 Å². The van der Waals surface area contributed by atoms with E-state index in [0.29, 0.717) is 31.2 Å². The number of nitro groups is 1. The normalized spacial score (nSPS) is 14.2. The van der Waals surface area contributed by atoms with Crippen molar-refractivity contribution >= 4 is 49.9 Å². The fraction of sp³-hybridized carbons (Fsp3) is 0.263. The van der Waals surface area contributed by atoms with E-state index in [-0.39, 0.29) is 24.0 Å². The number of hydrogen-bond acceptors (Lipinski definition) is 7. The summed E-state index contributed by atoms with van der Waals surface area (Å²) >= 11 is 7.62. The van der Waals surface area contributed by atoms with Gasteiger partial charge in [0.15, 0.2) is 17.5 Å². The van der Waals surface area contributed by atoms with E-state index in [1.807, 2.05) is 18.2 Å². The number of halogens is 1. The molecule has 2 aromatic carbocycles. The van der Waals surface area contributed by atoms with Crippen molar-refractivity contribution in [2.24, 2.45) is 0 Å². The molecular formula is C19H17ClN4O4S. The van der Waals surface area contributed by atoms with Gasteiger partial charge in [0.05, 0.1) is 15.1 Å². The van der Waals surface area contributed by atoms with Gasteiger partial charge in [-0.3, -0.25) is 14.9 Å². The Bertz CT molecular complexity index is 1070. The number of rotatable bonds is 5. The Morgan fingerprint density at radius 3 is 2.72 bits per heavy atom. The standard InChI is InChI=1S/C19H17ClN4O4S/c20-13-5-6-14-17(11-13)29-19(21-14)23-9-7-22(8-10-23)18(25)12-28-16-4-2-1-3-15(16)24(26)27/h1-6,11H,7-10,12H2. The average molecular weight is 433 g/mol. The summed E-state index contributed by atoms with van der Waals surface area (Å²) in [7, 11) is 0. The molecule has 3 aromatic rings. The highest BCUT2D eigenvalue weighted by Crippen LogP contribution is 2.31. The summed E-state index contributed by atoms with van der Waals surface area (Å²) in [5, 5.41) is 12.6. The highest BCUT2D eigenvalue weighted by molar-refractivity contribution is 7.22. The topological polar surface area (TPSA) is 88.8 Å². The number of aromatic nitrogens is 1. The third-order valence-corrected chi connectivity index (χ3v) is 5.97. The lowest BCUT2D eigenvalue weighted by molar-refractivity contribution is -0.385. The Morgan fingerprint density at radius 2 is 1.97 bits per heavy atom. The molecule has 0 radical (unpaired) electrons. The number of piperazine rings is 1. The molecule has 29 heavy (non-hydrogen) atoms. The molecule has 8 nitrogen and oxygen atoms in total. The van der Waals surface area contributed by atoms with Crippen molar-refractivity contribution < 1.29 is 14.5 Å². The molecule has 4 rings (SSSR count). The van der Waals surface area contributed by atoms with Gasteiger partial charge in [0, 0.05) is 37.3 Å². The van der Waals surface area contributed by atoms with E-state index in [1.165, 1.54) is 12.1 Å². The van der Waals surface area contributed by atoms with Gasteiger partial charge in [0.25, 0.3) is 5.91 Å². The number of thiazole rings is 1. The van der Waals surface area contributed by atoms with Crippen LogP contribution in [0.1, 0.15) is 0 Å². The molecule has 0 aliphatic carbocycles. The summed E-state index contributed by atoms with van der Waals surface area (Å²) in [5.41, 5.74) is 0.756. The zero-order chi connectivity index (χ0) is 20.4. The van der Waals surface area contributed by atoms with Gasteiger partial charge in [-0.2, -0.15) is 0 Å². The van der Waals surface area contributed by atoms with Crippen molar-refractivity contribution in [2.75, 3.05) is 37.7 Å². The zero-order valence-corrected chi connectivity index (χ0v) is 16.9. The predicted molar refractivity (Wildman–Crippen MR) is 112 cm³/mol. The van der Waals surface area contributed by atoms with Crippen LogP contribution in [0.15, 0.2) is 42.5 Å². The minimum atomic E-state index is -0.524. The minimum Gasteiger partial charge on any atom is -0.477 e. The van der Waals surface area contributed by atoms with E-state index >= 15 is 0 Å². The number of nitro benzene ring substituents is 1. The zero-order valence-electron chi connectivity index (χ0n) is 15.3. The van der Waals surface area contributed by atoms with Crippen molar-refractivity contribution in [1.82, 2.24) is 9.88 Å². The quantitative estimate of drug-likeness (QED) is 0.452. The van der Waals surface area contributed by atoms with E-state index in [9.17, 15) is 14.9 Å². The van der Waals surface area contributed by atoms with Gasteiger partial charge >= 0.3 is 5.69 Å². The van der Waals surface area contributed by atoms with Gasteiger partial charge in [-0.25, -0.2) is 4.98 Å². The fourth-order valence-electron chi connectivity index (χ4n) is 3.13. The van der Waals surface area contributed by atoms with E-state index in [1.54, 1.807) is 28.4 Å². The lowest BCUT2D eigenvalue weighted by Gasteiger charge is -2.34. The number of hydrogen-bond donors (Lipinski definition) is 0. The van der Waals surface area contributed by atoms with Gasteiger partial charge in [-0.1, -0.05) is 35.1 Å². The Kier molecular flexibility index (Phi) is 5.50. The second-order valence-corrected chi connectivity index (χ2v) is 7.94. The van der Waals surface area contributed by atoms with Crippen LogP contribution < -0.4 is 9.64 Å². The number of amides is 1. The first-order chi connectivity index (χ1) is 14.0. The molecule has 0 saturated carbocycles. The monoisotopic (exact) mass is 432 g/mol. The second kappa shape index (κ2) is 8.22. The van der Waals surface area contributed by atoms with Crippen LogP contribution in [0.4, 0.5) is 10.8 Å². The summed E-state index contributed by atoms with van der Waals surface area (Å²) in [6.07, 6.45) is 0. The van der Waals surface area contributed by atoms with Crippen LogP contribution in [-0.4, -0.2) is 53.5 Å². The number of benzene rings is 2. The largest absolute Gasteiger partial charge is 0.477 e. The van der Waals surface area contributed by atoms with E-state index in [4.69, 9.17) is 16.3 Å². The molecule has 0 N–H and O–H groups in total. The molecule has 0 unspecified atom stereocenters. The maximum Gasteiger partial charge on any atom is 0.310 e. The van der Waals surface area contributed by atoms with Crippen LogP contribution in [0, 0.1) is 10.1 Å². The average Bonchev–Trinajstić information content (AvgIpc) is 3.15. The lowest BCUT2D eigenvalue weighted by atomic mass is 10.3. The SMILES string of the molecule is O=C(COc1ccccc1[N+](=O)[O-])N1CCN(c2nc3ccc(Cl)cc3s2)CC1. The van der Waals surface area contributed by atoms with Crippen LogP contribution in [0.25, 0.3) is 10.2 Å². The summed E-state index contributed by atoms with van der Waals surface area (Å²) in [4.78, 5) is 31.5. The van der Waals surface area contributed by atoms with Crippen LogP contribution in [0.2, 0.25) is 5.02 Å². The van der Waals surface area contributed by atoms with Gasteiger partial charge in [0.1, 0.15) is 0 Å². The summed E-state index contributed by atoms with van der Waals surface area (Å²) < 4.78 is 6.44. The van der Waals surface area contributed by atoms with Gasteiger partial charge < -0.3 is 14.5 Å². The van der Waals surface area contributed by atoms with Crippen molar-refractivity contribution in [3.05, 3.63) is 57.6 Å². The Morgan fingerprint density at radius 1 is 1.21 bits per heavy atom. The number of fused-ring (bicyclic) bond motifs is 1. The fourth-order valence-corrected chi connectivity index (χ4v) is 4.42. The molecule has 0 spiro atoms. The highest BCUT2D eigenvalue weighted by Gasteiger charge is 2.24. The summed E-state index contributed by atoms with van der Waals surface area (Å²) in [6.45, 7) is 2.16. The number of nitrogens with zero attached hydrogens (tertiary/aromatic N) is 4. The van der Waals surface area contributed by atoms with E-state index < -0.39 is 4.92 Å². The minimum absolute atomic E-state index is 0.0950. The molecule has 0 bridgehead atoms. The van der Waals surface area contributed by atoms with Crippen LogP contribution >= 0.6 is 22.9 Å². The number of carbonyl (C=O) groups is 1. The first-order valence-corrected chi connectivity index (χ1v) is 10.2. The van der Waals surface area contributed by atoms with Crippen molar-refractivity contribution in [2.45, 2.75) is 0 Å². The molecule has 1 aliphatic rings. The Labute approximate surface area is 175 Å². The van der Waals surface area contributed by atoms with Crippen molar-refractivity contribution in [1.29, 1.82) is 0 Å². The third-order valence-electron chi connectivity index (χ3n) is 4.66. The summed E-state index contributed by atoms with van der Waals surface area (Å²) in [5.74, 6) is -0.100. The Balaban J connectivity index is 1.34. The van der Waals surface area contributed by atoms with Gasteiger partial charge in [-0.05, 0) is 24.3 Å². The summed E-state index contributed by atoms with van der Waals surface area (Å²) in [6, 6.07) is 11.7. The molecule has 10 heteroatoms. The number of carbonyl (C=O) groups excluding carboxylic acids is 1. The lowest BCUT2D eigenvalue weighted by Crippen LogP contribution is -2.50. The molecule has 1 aliphatic heterocycles. The smallest absolute Gasteiger partial charge is 0.310 e. The van der Waals surface area contributed by atoms with Crippen molar-refractivity contribution in [3.8, 4) is 5.75 Å². The highest BCUT2D eigenvalue weighted by atomic mass is 35.5. The first kappa shape index (κ1) is 19.4. The second-order valence-electron chi connectivity index (χ2n) is 6.49. The third kappa shape index (κ3) is 4.25. The molecule has 0 atom stereocenters. The van der Waals surface area contributed by atoms with E-state index in [2.05, 4.69) is 9.88 Å². The van der Waals surface area contributed by atoms with Crippen molar-refractivity contribution in [3.63, 3.8) is 0 Å². The molecule has 1 fully saturated rings. The van der Waals surface area contributed by atoms with Crippen LogP contribution in [-0.2, 0) is 4.79 Å². The maximum atomic E-state index is 12.5. The number of anilines is 1. The molecule has 1 amide bonds. The van der Waals surface area contributed by atoms with Gasteiger partial charge in [0.2, 0.25) is 0 Å². The first-order valence-electron chi connectivity index (χ1n) is 8.96. The van der Waals surface area contributed by atoms with Crippen LogP contribution in [0.3, 0.4) is 0 Å². The number of para-hydroxylation sites is 2. The molecule has 1 saturated heterocycles. The Hall–Kier alpha value is -2.91.